The molecule has 0 aromatic carbocycles. The van der Waals surface area contributed by atoms with Gasteiger partial charge in [0.15, 0.2) is 0 Å². The van der Waals surface area contributed by atoms with Gasteiger partial charge in [-0.15, -0.1) is 0 Å². The average Bonchev–Trinajstić information content (AvgIpc) is 3.11. The van der Waals surface area contributed by atoms with Gasteiger partial charge in [-0.1, -0.05) is 128 Å². The molecule has 0 aromatic rings. The summed E-state index contributed by atoms with van der Waals surface area (Å²) in [5.74, 6) is -0.493. The van der Waals surface area contributed by atoms with Gasteiger partial charge in [-0.3, -0.25) is 13.8 Å². The zero-order valence-electron chi connectivity index (χ0n) is 31.4. The lowest BCUT2D eigenvalue weighted by atomic mass is 9.85. The molecule has 1 fully saturated rings. The molecule has 1 aliphatic rings. The Morgan fingerprint density at radius 3 is 1.73 bits per heavy atom. The topological polar surface area (TPSA) is 192 Å². The Hall–Kier alpha value is -1.18. The van der Waals surface area contributed by atoms with Gasteiger partial charge in [-0.2, -0.15) is 0 Å². The molecule has 1 saturated carbocycles. The van der Waals surface area contributed by atoms with Crippen LogP contribution in [0.25, 0.3) is 0 Å². The van der Waals surface area contributed by atoms with E-state index in [9.17, 15) is 39.8 Å². The standard InChI is InChI=1S/C38H71O12P/c1-3-5-7-9-11-13-15-16-17-19-21-23-25-27-32(39)49-31(29-47-28-26-24-22-20-18-14-12-10-8-6-4-2)30-48-51(45,46)50-38-36(43)34(41)33(40)35(42)37(38)44/h7,9,13,15,31,33-38,40-44H,3-6,8,10-12,14,16-30H2,1-2H3,(H,45,46)/b9-7-,15-13-. The van der Waals surface area contributed by atoms with Gasteiger partial charge in [0.2, 0.25) is 0 Å². The Bertz CT molecular complexity index is 947. The third-order valence-electron chi connectivity index (χ3n) is 9.06. The summed E-state index contributed by atoms with van der Waals surface area (Å²) in [6.07, 6.45) is 18.3. The third kappa shape index (κ3) is 23.3. The fourth-order valence-corrected chi connectivity index (χ4v) is 6.83. The first-order valence-electron chi connectivity index (χ1n) is 19.7. The molecule has 0 aliphatic heterocycles. The third-order valence-corrected chi connectivity index (χ3v) is 10.0. The SMILES string of the molecule is CCC/C=C\C/C=C\CCCCCCCC(=O)OC(COCCCCCCCCCCCCC)COP(=O)(O)OC1C(O)C(O)C(O)C(O)C1O. The molecule has 300 valence electrons. The molecule has 1 rings (SSSR count). The first-order valence-corrected chi connectivity index (χ1v) is 21.2. The molecule has 6 N–H and O–H groups in total. The van der Waals surface area contributed by atoms with Gasteiger partial charge in [0.25, 0.3) is 0 Å². The lowest BCUT2D eigenvalue weighted by Gasteiger charge is -2.41. The van der Waals surface area contributed by atoms with E-state index in [1.807, 2.05) is 0 Å². The van der Waals surface area contributed by atoms with Crippen LogP contribution in [0.2, 0.25) is 0 Å². The zero-order valence-corrected chi connectivity index (χ0v) is 32.3. The summed E-state index contributed by atoms with van der Waals surface area (Å²) < 4.78 is 33.9. The predicted octanol–water partition coefficient (Wildman–Crippen LogP) is 6.58. The van der Waals surface area contributed by atoms with Crippen molar-refractivity contribution in [2.75, 3.05) is 19.8 Å². The second-order valence-electron chi connectivity index (χ2n) is 13.8. The second-order valence-corrected chi connectivity index (χ2v) is 15.2. The Labute approximate surface area is 307 Å². The van der Waals surface area contributed by atoms with Gasteiger partial charge in [0, 0.05) is 13.0 Å². The Morgan fingerprint density at radius 1 is 0.627 bits per heavy atom. The van der Waals surface area contributed by atoms with E-state index >= 15 is 0 Å². The monoisotopic (exact) mass is 750 g/mol. The number of carbonyl (C=O) groups is 1. The predicted molar refractivity (Wildman–Crippen MR) is 198 cm³/mol. The van der Waals surface area contributed by atoms with Crippen LogP contribution in [-0.2, 0) is 27.9 Å². The largest absolute Gasteiger partial charge is 0.472 e. The van der Waals surface area contributed by atoms with Gasteiger partial charge in [0.05, 0.1) is 13.2 Å². The van der Waals surface area contributed by atoms with Crippen molar-refractivity contribution in [3.05, 3.63) is 24.3 Å². The molecule has 0 heterocycles. The molecule has 1 aliphatic carbocycles. The summed E-state index contributed by atoms with van der Waals surface area (Å²) in [6.45, 7) is 4.15. The Morgan fingerprint density at radius 2 is 1.14 bits per heavy atom. The van der Waals surface area contributed by atoms with E-state index < -0.39 is 63.1 Å². The van der Waals surface area contributed by atoms with Crippen LogP contribution in [-0.4, -0.2) is 98.9 Å². The van der Waals surface area contributed by atoms with Crippen LogP contribution in [0, 0.1) is 0 Å². The van der Waals surface area contributed by atoms with Gasteiger partial charge in [0.1, 0.15) is 42.7 Å². The number of rotatable bonds is 32. The van der Waals surface area contributed by atoms with E-state index in [1.54, 1.807) is 0 Å². The van der Waals surface area contributed by atoms with Crippen LogP contribution in [0.5, 0.6) is 0 Å². The van der Waals surface area contributed by atoms with E-state index in [1.165, 1.54) is 51.4 Å². The van der Waals surface area contributed by atoms with Crippen LogP contribution >= 0.6 is 7.82 Å². The maximum Gasteiger partial charge on any atom is 0.472 e. The second kappa shape index (κ2) is 30.2. The number of carbonyl (C=O) groups excluding carboxylic acids is 1. The number of phosphoric acid groups is 1. The van der Waals surface area contributed by atoms with E-state index in [2.05, 4.69) is 38.2 Å². The highest BCUT2D eigenvalue weighted by Gasteiger charge is 2.51. The lowest BCUT2D eigenvalue weighted by Crippen LogP contribution is -2.64. The van der Waals surface area contributed by atoms with Crippen LogP contribution in [0.4, 0.5) is 0 Å². The number of aliphatic hydroxyl groups excluding tert-OH is 5. The minimum atomic E-state index is -5.01. The van der Waals surface area contributed by atoms with Crippen molar-refractivity contribution in [3.63, 3.8) is 0 Å². The van der Waals surface area contributed by atoms with Crippen molar-refractivity contribution in [3.8, 4) is 0 Å². The summed E-state index contributed by atoms with van der Waals surface area (Å²) in [6, 6.07) is 0. The molecule has 51 heavy (non-hydrogen) atoms. The van der Waals surface area contributed by atoms with Crippen molar-refractivity contribution in [2.24, 2.45) is 0 Å². The van der Waals surface area contributed by atoms with Crippen LogP contribution in [0.3, 0.4) is 0 Å². The highest BCUT2D eigenvalue weighted by Crippen LogP contribution is 2.47. The molecular weight excluding hydrogens is 679 g/mol. The summed E-state index contributed by atoms with van der Waals surface area (Å²) in [7, 11) is -5.01. The van der Waals surface area contributed by atoms with Gasteiger partial charge < -0.3 is 39.9 Å². The van der Waals surface area contributed by atoms with Crippen LogP contribution in [0.1, 0.15) is 149 Å². The van der Waals surface area contributed by atoms with E-state index in [4.69, 9.17) is 18.5 Å². The van der Waals surface area contributed by atoms with Gasteiger partial charge >= 0.3 is 13.8 Å². The van der Waals surface area contributed by atoms with Crippen LogP contribution < -0.4 is 0 Å². The average molecular weight is 751 g/mol. The van der Waals surface area contributed by atoms with Crippen molar-refractivity contribution in [1.82, 2.24) is 0 Å². The number of aliphatic hydroxyl groups is 5. The number of ether oxygens (including phenoxy) is 2. The van der Waals surface area contributed by atoms with E-state index in [0.29, 0.717) is 13.0 Å². The zero-order chi connectivity index (χ0) is 37.7. The minimum Gasteiger partial charge on any atom is -0.457 e. The Kier molecular flexibility index (Phi) is 28.3. The van der Waals surface area contributed by atoms with Crippen molar-refractivity contribution in [1.29, 1.82) is 0 Å². The number of phosphoric ester groups is 1. The number of esters is 1. The normalized spacial score (nSPS) is 24.3. The molecule has 0 saturated heterocycles. The highest BCUT2D eigenvalue weighted by molar-refractivity contribution is 7.47. The summed E-state index contributed by atoms with van der Waals surface area (Å²) >= 11 is 0. The summed E-state index contributed by atoms with van der Waals surface area (Å²) in [5.41, 5.74) is 0. The van der Waals surface area contributed by atoms with E-state index in [-0.39, 0.29) is 13.0 Å². The fraction of sp³-hybridized carbons (Fsp3) is 0.868. The van der Waals surface area contributed by atoms with Gasteiger partial charge in [-0.05, 0) is 38.5 Å². The number of unbranched alkanes of at least 4 members (excludes halogenated alkanes) is 16. The first kappa shape index (κ1) is 47.8. The Balaban J connectivity index is 2.48. The molecule has 0 aromatic heterocycles. The summed E-state index contributed by atoms with van der Waals surface area (Å²) in [4.78, 5) is 23.0. The smallest absolute Gasteiger partial charge is 0.457 e. The minimum absolute atomic E-state index is 0.0797. The molecular formula is C38H71O12P. The summed E-state index contributed by atoms with van der Waals surface area (Å²) in [5, 5.41) is 49.9. The van der Waals surface area contributed by atoms with Gasteiger partial charge in [-0.25, -0.2) is 4.57 Å². The molecule has 0 amide bonds. The molecule has 6 atom stereocenters. The molecule has 6 unspecified atom stereocenters. The van der Waals surface area contributed by atoms with Crippen molar-refractivity contribution < 1.29 is 58.3 Å². The lowest BCUT2D eigenvalue weighted by molar-refractivity contribution is -0.220. The molecule has 0 radical (unpaired) electrons. The maximum absolute atomic E-state index is 12.7. The molecule has 13 heteroatoms. The maximum atomic E-state index is 12.7. The first-order chi connectivity index (χ1) is 24.5. The van der Waals surface area contributed by atoms with Crippen molar-refractivity contribution >= 4 is 13.8 Å². The number of hydrogen-bond acceptors (Lipinski definition) is 11. The van der Waals surface area contributed by atoms with Crippen molar-refractivity contribution in [2.45, 2.75) is 191 Å². The molecule has 12 nitrogen and oxygen atoms in total. The fourth-order valence-electron chi connectivity index (χ4n) is 5.86. The number of hydrogen-bond donors (Lipinski definition) is 6. The molecule has 0 bridgehead atoms. The van der Waals surface area contributed by atoms with Crippen LogP contribution in [0.15, 0.2) is 24.3 Å². The highest BCUT2D eigenvalue weighted by atomic mass is 31.2. The quantitative estimate of drug-likeness (QED) is 0.0188. The number of allylic oxidation sites excluding steroid dienone is 4. The molecule has 0 spiro atoms. The van der Waals surface area contributed by atoms with E-state index in [0.717, 1.165) is 70.6 Å².